The molecule has 3 unspecified atom stereocenters. The molecule has 3 atom stereocenters. The molecule has 0 saturated carbocycles. The fourth-order valence-electron chi connectivity index (χ4n) is 2.07. The van der Waals surface area contributed by atoms with Gasteiger partial charge in [0.15, 0.2) is 6.29 Å². The van der Waals surface area contributed by atoms with Crippen LogP contribution in [0.15, 0.2) is 30.3 Å². The number of benzene rings is 1. The van der Waals surface area contributed by atoms with Crippen molar-refractivity contribution < 1.29 is 14.6 Å². The minimum Gasteiger partial charge on any atom is -0.394 e. The van der Waals surface area contributed by atoms with Crippen LogP contribution in [0.3, 0.4) is 0 Å². The monoisotopic (exact) mass is 236 g/mol. The van der Waals surface area contributed by atoms with E-state index in [-0.39, 0.29) is 19.0 Å². The van der Waals surface area contributed by atoms with Crippen LogP contribution in [-0.4, -0.2) is 24.1 Å². The number of ether oxygens (including phenoxy) is 2. The molecule has 94 valence electrons. The van der Waals surface area contributed by atoms with Gasteiger partial charge in [-0.05, 0) is 18.4 Å². The van der Waals surface area contributed by atoms with Gasteiger partial charge in [-0.1, -0.05) is 37.3 Å². The number of aliphatic hydroxyl groups excluding tert-OH is 1. The average Bonchev–Trinajstić information content (AvgIpc) is 2.39. The zero-order chi connectivity index (χ0) is 12.1. The maximum Gasteiger partial charge on any atom is 0.161 e. The van der Waals surface area contributed by atoms with E-state index in [2.05, 4.69) is 6.92 Å². The van der Waals surface area contributed by atoms with Gasteiger partial charge in [-0.2, -0.15) is 0 Å². The van der Waals surface area contributed by atoms with E-state index in [0.717, 1.165) is 18.4 Å². The minimum absolute atomic E-state index is 0.0630. The summed E-state index contributed by atoms with van der Waals surface area (Å²) in [5, 5.41) is 9.10. The van der Waals surface area contributed by atoms with Crippen molar-refractivity contribution in [2.24, 2.45) is 5.92 Å². The summed E-state index contributed by atoms with van der Waals surface area (Å²) < 4.78 is 11.5. The summed E-state index contributed by atoms with van der Waals surface area (Å²) in [4.78, 5) is 0. The maximum atomic E-state index is 9.10. The zero-order valence-corrected chi connectivity index (χ0v) is 10.2. The standard InChI is InChI=1S/C14H20O3/c1-11-7-8-13(9-15)17-14(11)16-10-12-5-3-2-4-6-12/h2-6,11,13-15H,7-10H2,1H3. The second-order valence-electron chi connectivity index (χ2n) is 4.66. The Morgan fingerprint density at radius 1 is 1.29 bits per heavy atom. The molecule has 3 nitrogen and oxygen atoms in total. The molecule has 0 aromatic heterocycles. The van der Waals surface area contributed by atoms with E-state index in [0.29, 0.717) is 12.5 Å². The molecule has 1 heterocycles. The van der Waals surface area contributed by atoms with Crippen LogP contribution in [0.25, 0.3) is 0 Å². The molecule has 0 bridgehead atoms. The van der Waals surface area contributed by atoms with Crippen LogP contribution in [-0.2, 0) is 16.1 Å². The number of hydrogen-bond donors (Lipinski definition) is 1. The van der Waals surface area contributed by atoms with Gasteiger partial charge in [-0.25, -0.2) is 0 Å². The Morgan fingerprint density at radius 2 is 2.06 bits per heavy atom. The lowest BCUT2D eigenvalue weighted by Gasteiger charge is -2.33. The van der Waals surface area contributed by atoms with Crippen molar-refractivity contribution in [1.29, 1.82) is 0 Å². The third-order valence-corrected chi connectivity index (χ3v) is 3.20. The average molecular weight is 236 g/mol. The molecule has 17 heavy (non-hydrogen) atoms. The third-order valence-electron chi connectivity index (χ3n) is 3.20. The summed E-state index contributed by atoms with van der Waals surface area (Å²) in [5.41, 5.74) is 1.15. The molecular weight excluding hydrogens is 216 g/mol. The van der Waals surface area contributed by atoms with Crippen LogP contribution in [0.5, 0.6) is 0 Å². The van der Waals surface area contributed by atoms with Gasteiger partial charge in [-0.3, -0.25) is 0 Å². The summed E-state index contributed by atoms with van der Waals surface area (Å²) >= 11 is 0. The van der Waals surface area contributed by atoms with Crippen molar-refractivity contribution in [2.45, 2.75) is 38.8 Å². The molecule has 1 fully saturated rings. The van der Waals surface area contributed by atoms with E-state index in [9.17, 15) is 0 Å². The molecule has 1 aromatic carbocycles. The second-order valence-corrected chi connectivity index (χ2v) is 4.66. The molecule has 1 aromatic rings. The minimum atomic E-state index is -0.193. The van der Waals surface area contributed by atoms with Crippen molar-refractivity contribution in [3.8, 4) is 0 Å². The van der Waals surface area contributed by atoms with Gasteiger partial charge < -0.3 is 14.6 Å². The van der Waals surface area contributed by atoms with Crippen molar-refractivity contribution in [3.05, 3.63) is 35.9 Å². The lowest BCUT2D eigenvalue weighted by atomic mass is 9.99. The molecule has 1 saturated heterocycles. The van der Waals surface area contributed by atoms with Gasteiger partial charge in [0.25, 0.3) is 0 Å². The van der Waals surface area contributed by atoms with E-state index in [1.807, 2.05) is 30.3 Å². The summed E-state index contributed by atoms with van der Waals surface area (Å²) in [6.07, 6.45) is 1.71. The van der Waals surface area contributed by atoms with Crippen LogP contribution < -0.4 is 0 Å². The molecule has 1 N–H and O–H groups in total. The first-order chi connectivity index (χ1) is 8.29. The highest BCUT2D eigenvalue weighted by Gasteiger charge is 2.28. The zero-order valence-electron chi connectivity index (χ0n) is 10.2. The fraction of sp³-hybridized carbons (Fsp3) is 0.571. The Bertz CT molecular complexity index is 325. The second kappa shape index (κ2) is 6.15. The molecule has 1 aliphatic heterocycles. The predicted octanol–water partition coefficient (Wildman–Crippen LogP) is 2.34. The maximum absolute atomic E-state index is 9.10. The highest BCUT2D eigenvalue weighted by molar-refractivity contribution is 5.13. The molecule has 0 amide bonds. The lowest BCUT2D eigenvalue weighted by molar-refractivity contribution is -0.229. The summed E-state index contributed by atoms with van der Waals surface area (Å²) in [6, 6.07) is 10.1. The smallest absolute Gasteiger partial charge is 0.161 e. The van der Waals surface area contributed by atoms with E-state index in [1.165, 1.54) is 0 Å². The Labute approximate surface area is 102 Å². The molecule has 2 rings (SSSR count). The van der Waals surface area contributed by atoms with Crippen molar-refractivity contribution in [3.63, 3.8) is 0 Å². The highest BCUT2D eigenvalue weighted by Crippen LogP contribution is 2.26. The van der Waals surface area contributed by atoms with Gasteiger partial charge in [0, 0.05) is 5.92 Å². The number of hydrogen-bond acceptors (Lipinski definition) is 3. The van der Waals surface area contributed by atoms with Crippen molar-refractivity contribution >= 4 is 0 Å². The van der Waals surface area contributed by atoms with Crippen LogP contribution in [0.4, 0.5) is 0 Å². The Hall–Kier alpha value is -0.900. The van der Waals surface area contributed by atoms with Gasteiger partial charge in [0.1, 0.15) is 0 Å². The normalized spacial score (nSPS) is 29.2. The number of aliphatic hydroxyl groups is 1. The molecular formula is C14H20O3. The number of rotatable bonds is 4. The molecule has 0 radical (unpaired) electrons. The summed E-state index contributed by atoms with van der Waals surface area (Å²) in [6.45, 7) is 2.77. The third kappa shape index (κ3) is 3.53. The van der Waals surface area contributed by atoms with Crippen LogP contribution in [0.2, 0.25) is 0 Å². The van der Waals surface area contributed by atoms with Crippen LogP contribution in [0, 0.1) is 5.92 Å². The Balaban J connectivity index is 1.85. The van der Waals surface area contributed by atoms with Gasteiger partial charge >= 0.3 is 0 Å². The van der Waals surface area contributed by atoms with Crippen molar-refractivity contribution in [1.82, 2.24) is 0 Å². The first-order valence-electron chi connectivity index (χ1n) is 6.21. The van der Waals surface area contributed by atoms with Gasteiger partial charge in [0.2, 0.25) is 0 Å². The first kappa shape index (κ1) is 12.6. The summed E-state index contributed by atoms with van der Waals surface area (Å²) in [7, 11) is 0. The Morgan fingerprint density at radius 3 is 2.76 bits per heavy atom. The van der Waals surface area contributed by atoms with E-state index < -0.39 is 0 Å². The largest absolute Gasteiger partial charge is 0.394 e. The predicted molar refractivity (Wildman–Crippen MR) is 65.4 cm³/mol. The SMILES string of the molecule is CC1CCC(CO)OC1OCc1ccccc1. The first-order valence-corrected chi connectivity index (χ1v) is 6.21. The van der Waals surface area contributed by atoms with Crippen LogP contribution in [0.1, 0.15) is 25.3 Å². The molecule has 3 heteroatoms. The molecule has 0 spiro atoms. The molecule has 0 aliphatic carbocycles. The van der Waals surface area contributed by atoms with Crippen molar-refractivity contribution in [2.75, 3.05) is 6.61 Å². The van der Waals surface area contributed by atoms with E-state index in [4.69, 9.17) is 14.6 Å². The Kier molecular flexibility index (Phi) is 4.54. The van der Waals surface area contributed by atoms with Gasteiger partial charge in [-0.15, -0.1) is 0 Å². The lowest BCUT2D eigenvalue weighted by Crippen LogP contribution is -2.37. The quantitative estimate of drug-likeness (QED) is 0.872. The highest BCUT2D eigenvalue weighted by atomic mass is 16.7. The summed E-state index contributed by atoms with van der Waals surface area (Å²) in [5.74, 6) is 0.390. The van der Waals surface area contributed by atoms with Crippen LogP contribution >= 0.6 is 0 Å². The molecule has 1 aliphatic rings. The van der Waals surface area contributed by atoms with Gasteiger partial charge in [0.05, 0.1) is 19.3 Å². The van der Waals surface area contributed by atoms with E-state index in [1.54, 1.807) is 0 Å². The van der Waals surface area contributed by atoms with E-state index >= 15 is 0 Å². The topological polar surface area (TPSA) is 38.7 Å². The fourth-order valence-corrected chi connectivity index (χ4v) is 2.07.